The van der Waals surface area contributed by atoms with Crippen molar-refractivity contribution < 1.29 is 18.8 Å². The SMILES string of the molecule is O=C1NCC(=O)N2CCN(C(=O)c3ccc4cccc(F)c4n3)C[C@@H]12. The van der Waals surface area contributed by atoms with Crippen LogP contribution in [0.3, 0.4) is 0 Å². The second-order valence-electron chi connectivity index (χ2n) is 6.08. The van der Waals surface area contributed by atoms with Crippen LogP contribution >= 0.6 is 0 Å². The Morgan fingerprint density at radius 3 is 2.88 bits per heavy atom. The lowest BCUT2D eigenvalue weighted by molar-refractivity contribution is -0.148. The zero-order chi connectivity index (χ0) is 17.6. The van der Waals surface area contributed by atoms with Crippen LogP contribution in [0.15, 0.2) is 30.3 Å². The number of fused-ring (bicyclic) bond motifs is 2. The molecule has 0 bridgehead atoms. The second-order valence-corrected chi connectivity index (χ2v) is 6.08. The molecule has 2 aliphatic heterocycles. The van der Waals surface area contributed by atoms with Gasteiger partial charge in [0.2, 0.25) is 11.8 Å². The number of nitrogens with one attached hydrogen (secondary N) is 1. The predicted octanol–water partition coefficient (Wildman–Crippen LogP) is 0.157. The maximum atomic E-state index is 13.9. The number of piperazine rings is 2. The molecule has 0 radical (unpaired) electrons. The zero-order valence-corrected chi connectivity index (χ0v) is 13.2. The van der Waals surface area contributed by atoms with Crippen LogP contribution < -0.4 is 5.32 Å². The molecule has 2 saturated heterocycles. The molecular formula is C17H15FN4O3. The molecule has 1 aromatic carbocycles. The minimum Gasteiger partial charge on any atom is -0.345 e. The lowest BCUT2D eigenvalue weighted by Crippen LogP contribution is -2.66. The highest BCUT2D eigenvalue weighted by Crippen LogP contribution is 2.19. The van der Waals surface area contributed by atoms with Gasteiger partial charge in [-0.3, -0.25) is 14.4 Å². The van der Waals surface area contributed by atoms with Gasteiger partial charge in [0, 0.05) is 18.5 Å². The van der Waals surface area contributed by atoms with Crippen molar-refractivity contribution in [2.24, 2.45) is 0 Å². The highest BCUT2D eigenvalue weighted by Gasteiger charge is 2.40. The van der Waals surface area contributed by atoms with E-state index in [1.54, 1.807) is 24.3 Å². The first-order valence-corrected chi connectivity index (χ1v) is 7.96. The van der Waals surface area contributed by atoms with Gasteiger partial charge in [0.1, 0.15) is 23.1 Å². The maximum Gasteiger partial charge on any atom is 0.272 e. The molecule has 4 rings (SSSR count). The fourth-order valence-corrected chi connectivity index (χ4v) is 3.26. The molecule has 1 atom stereocenters. The average Bonchev–Trinajstić information content (AvgIpc) is 2.64. The van der Waals surface area contributed by atoms with Crippen LogP contribution in [0.2, 0.25) is 0 Å². The highest BCUT2D eigenvalue weighted by molar-refractivity contribution is 5.98. The molecule has 0 unspecified atom stereocenters. The average molecular weight is 342 g/mol. The lowest BCUT2D eigenvalue weighted by Gasteiger charge is -2.42. The van der Waals surface area contributed by atoms with Crippen LogP contribution in [0.4, 0.5) is 4.39 Å². The standard InChI is InChI=1S/C17H15FN4O3/c18-11-3-1-2-10-4-5-12(20-15(10)11)17(25)21-6-7-22-13(9-21)16(24)19-8-14(22)23/h1-5,13H,6-9H2,(H,19,24)/t13-/m0/s1. The Morgan fingerprint density at radius 2 is 2.04 bits per heavy atom. The minimum absolute atomic E-state index is 0.00517. The highest BCUT2D eigenvalue weighted by atomic mass is 19.1. The zero-order valence-electron chi connectivity index (χ0n) is 13.2. The number of rotatable bonds is 1. The van der Waals surface area contributed by atoms with Gasteiger partial charge in [-0.05, 0) is 12.1 Å². The van der Waals surface area contributed by atoms with Crippen molar-refractivity contribution in [1.82, 2.24) is 20.1 Å². The van der Waals surface area contributed by atoms with Crippen molar-refractivity contribution in [1.29, 1.82) is 0 Å². The second kappa shape index (κ2) is 5.80. The lowest BCUT2D eigenvalue weighted by atomic mass is 10.1. The van der Waals surface area contributed by atoms with Gasteiger partial charge in [0.15, 0.2) is 0 Å². The molecule has 1 N–H and O–H groups in total. The number of benzene rings is 1. The molecule has 0 aliphatic carbocycles. The Kier molecular flexibility index (Phi) is 3.60. The molecule has 128 valence electrons. The van der Waals surface area contributed by atoms with Crippen molar-refractivity contribution in [3.63, 3.8) is 0 Å². The summed E-state index contributed by atoms with van der Waals surface area (Å²) in [5.41, 5.74) is 0.256. The number of hydrogen-bond donors (Lipinski definition) is 1. The molecule has 2 aromatic rings. The van der Waals surface area contributed by atoms with Crippen molar-refractivity contribution >= 4 is 28.6 Å². The normalized spacial score (nSPS) is 20.4. The van der Waals surface area contributed by atoms with Crippen LogP contribution in [0.1, 0.15) is 10.5 Å². The van der Waals surface area contributed by atoms with E-state index in [0.29, 0.717) is 18.5 Å². The smallest absolute Gasteiger partial charge is 0.272 e. The summed E-state index contributed by atoms with van der Waals surface area (Å²) in [4.78, 5) is 43.7. The molecule has 3 heterocycles. The Bertz CT molecular complexity index is 901. The fourth-order valence-electron chi connectivity index (χ4n) is 3.26. The number of hydrogen-bond acceptors (Lipinski definition) is 4. The van der Waals surface area contributed by atoms with E-state index in [1.807, 2.05) is 0 Å². The summed E-state index contributed by atoms with van der Waals surface area (Å²) in [5, 5.41) is 3.14. The minimum atomic E-state index is -0.684. The van der Waals surface area contributed by atoms with E-state index in [4.69, 9.17) is 0 Å². The van der Waals surface area contributed by atoms with Crippen molar-refractivity contribution in [2.45, 2.75) is 6.04 Å². The van der Waals surface area contributed by atoms with Crippen LogP contribution in [0.5, 0.6) is 0 Å². The first kappa shape index (κ1) is 15.5. The monoisotopic (exact) mass is 342 g/mol. The van der Waals surface area contributed by atoms with E-state index in [-0.39, 0.29) is 42.0 Å². The van der Waals surface area contributed by atoms with Gasteiger partial charge >= 0.3 is 0 Å². The van der Waals surface area contributed by atoms with Gasteiger partial charge in [-0.2, -0.15) is 0 Å². The molecule has 25 heavy (non-hydrogen) atoms. The number of amides is 3. The van der Waals surface area contributed by atoms with E-state index < -0.39 is 11.9 Å². The molecule has 0 spiro atoms. The van der Waals surface area contributed by atoms with E-state index in [1.165, 1.54) is 15.9 Å². The number of aromatic nitrogens is 1. The van der Waals surface area contributed by atoms with Gasteiger partial charge < -0.3 is 15.1 Å². The molecule has 7 nitrogen and oxygen atoms in total. The molecule has 0 saturated carbocycles. The van der Waals surface area contributed by atoms with Crippen molar-refractivity contribution in [3.8, 4) is 0 Å². The van der Waals surface area contributed by atoms with E-state index >= 15 is 0 Å². The summed E-state index contributed by atoms with van der Waals surface area (Å²) in [6, 6.07) is 7.10. The van der Waals surface area contributed by atoms with Crippen LogP contribution in [0.25, 0.3) is 10.9 Å². The molecule has 1 aromatic heterocycles. The molecule has 3 amide bonds. The Balaban J connectivity index is 1.60. The quantitative estimate of drug-likeness (QED) is 0.800. The predicted molar refractivity (Wildman–Crippen MR) is 86.1 cm³/mol. The van der Waals surface area contributed by atoms with Gasteiger partial charge in [0.05, 0.1) is 13.1 Å². The summed E-state index contributed by atoms with van der Waals surface area (Å²) in [6.07, 6.45) is 0. The number of carbonyl (C=O) groups excluding carboxylic acids is 3. The summed E-state index contributed by atoms with van der Waals surface area (Å²) < 4.78 is 13.9. The van der Waals surface area contributed by atoms with Gasteiger partial charge in [-0.15, -0.1) is 0 Å². The summed E-state index contributed by atoms with van der Waals surface area (Å²) in [5.74, 6) is -1.29. The first-order chi connectivity index (χ1) is 12.0. The number of nitrogens with zero attached hydrogens (tertiary/aromatic N) is 3. The third kappa shape index (κ3) is 2.59. The summed E-state index contributed by atoms with van der Waals surface area (Å²) in [6.45, 7) is 0.706. The van der Waals surface area contributed by atoms with Gasteiger partial charge in [0.25, 0.3) is 5.91 Å². The molecule has 2 fully saturated rings. The Hall–Kier alpha value is -3.03. The topological polar surface area (TPSA) is 82.6 Å². The molecule has 2 aliphatic rings. The number of para-hydroxylation sites is 1. The Labute approximate surface area is 142 Å². The third-order valence-electron chi connectivity index (χ3n) is 4.59. The number of halogens is 1. The van der Waals surface area contributed by atoms with Gasteiger partial charge in [-0.1, -0.05) is 18.2 Å². The summed E-state index contributed by atoms with van der Waals surface area (Å²) >= 11 is 0. The van der Waals surface area contributed by atoms with Gasteiger partial charge in [-0.25, -0.2) is 9.37 Å². The number of carbonyl (C=O) groups is 3. The number of pyridine rings is 1. The largest absolute Gasteiger partial charge is 0.345 e. The molecular weight excluding hydrogens is 327 g/mol. The molecule has 8 heteroatoms. The van der Waals surface area contributed by atoms with Crippen LogP contribution in [-0.2, 0) is 9.59 Å². The Morgan fingerprint density at radius 1 is 1.20 bits per heavy atom. The van der Waals surface area contributed by atoms with Crippen LogP contribution in [0, 0.1) is 5.82 Å². The summed E-state index contributed by atoms with van der Waals surface area (Å²) in [7, 11) is 0. The van der Waals surface area contributed by atoms with Crippen LogP contribution in [-0.4, -0.2) is 64.7 Å². The fraction of sp³-hybridized carbons (Fsp3) is 0.294. The van der Waals surface area contributed by atoms with E-state index in [0.717, 1.165) is 0 Å². The van der Waals surface area contributed by atoms with E-state index in [2.05, 4.69) is 10.3 Å². The van der Waals surface area contributed by atoms with Crippen molar-refractivity contribution in [2.75, 3.05) is 26.2 Å². The van der Waals surface area contributed by atoms with Crippen molar-refractivity contribution in [3.05, 3.63) is 41.8 Å². The first-order valence-electron chi connectivity index (χ1n) is 7.96. The third-order valence-corrected chi connectivity index (χ3v) is 4.59. The van der Waals surface area contributed by atoms with E-state index in [9.17, 15) is 18.8 Å². The maximum absolute atomic E-state index is 13.9.